The molecule has 0 fully saturated rings. The van der Waals surface area contributed by atoms with E-state index in [-0.39, 0.29) is 11.8 Å². The van der Waals surface area contributed by atoms with Crippen molar-refractivity contribution in [3.63, 3.8) is 0 Å². The maximum atomic E-state index is 12.2. The van der Waals surface area contributed by atoms with E-state index in [1.807, 2.05) is 30.2 Å². The van der Waals surface area contributed by atoms with Crippen LogP contribution in [0.1, 0.15) is 25.3 Å². The van der Waals surface area contributed by atoms with Gasteiger partial charge in [0.25, 0.3) is 0 Å². The zero-order chi connectivity index (χ0) is 19.2. The summed E-state index contributed by atoms with van der Waals surface area (Å²) in [5, 5.41) is 9.82. The third-order valence-electron chi connectivity index (χ3n) is 4.49. The number of benzene rings is 1. The predicted molar refractivity (Wildman–Crippen MR) is 106 cm³/mol. The Hall–Kier alpha value is -2.93. The Kier molecular flexibility index (Phi) is 6.03. The Morgan fingerprint density at radius 2 is 2.00 bits per heavy atom. The quantitative estimate of drug-likeness (QED) is 0.822. The van der Waals surface area contributed by atoms with Crippen molar-refractivity contribution in [3.05, 3.63) is 48.3 Å². The molecule has 0 saturated carbocycles. The van der Waals surface area contributed by atoms with E-state index in [1.165, 1.54) is 18.1 Å². The predicted octanol–water partition coefficient (Wildman–Crippen LogP) is 2.50. The number of carbonyl (C=O) groups excluding carboxylic acids is 2. The highest BCUT2D eigenvalue weighted by atomic mass is 16.2. The summed E-state index contributed by atoms with van der Waals surface area (Å²) >= 11 is 0. The van der Waals surface area contributed by atoms with Crippen LogP contribution in [-0.2, 0) is 16.6 Å². The lowest BCUT2D eigenvalue weighted by atomic mass is 10.0. The lowest BCUT2D eigenvalue weighted by Crippen LogP contribution is -2.31. The molecular weight excluding hydrogens is 342 g/mol. The lowest BCUT2D eigenvalue weighted by molar-refractivity contribution is -0.116. The summed E-state index contributed by atoms with van der Waals surface area (Å²) in [6.45, 7) is 3.95. The lowest BCUT2D eigenvalue weighted by Gasteiger charge is -2.25. The van der Waals surface area contributed by atoms with E-state index in [4.69, 9.17) is 0 Å². The number of nitrogens with one attached hydrogen (secondary N) is 2. The first-order valence-electron chi connectivity index (χ1n) is 9.07. The van der Waals surface area contributed by atoms with Gasteiger partial charge < -0.3 is 10.6 Å². The van der Waals surface area contributed by atoms with Gasteiger partial charge >= 0.3 is 0 Å². The van der Waals surface area contributed by atoms with Crippen molar-refractivity contribution in [2.45, 2.75) is 19.8 Å². The summed E-state index contributed by atoms with van der Waals surface area (Å²) < 4.78 is 1.81. The second-order valence-corrected chi connectivity index (χ2v) is 6.74. The molecule has 2 aromatic rings. The summed E-state index contributed by atoms with van der Waals surface area (Å²) in [6, 6.07) is 7.16. The van der Waals surface area contributed by atoms with Crippen molar-refractivity contribution in [2.75, 3.05) is 30.3 Å². The minimum absolute atomic E-state index is 0.0305. The maximum Gasteiger partial charge on any atom is 0.225 e. The molecule has 2 N–H and O–H groups in total. The molecule has 1 aromatic heterocycles. The fourth-order valence-corrected chi connectivity index (χ4v) is 3.12. The largest absolute Gasteiger partial charge is 0.326 e. The van der Waals surface area contributed by atoms with Gasteiger partial charge in [-0.15, -0.1) is 0 Å². The van der Waals surface area contributed by atoms with Crippen LogP contribution in [0.3, 0.4) is 0 Å². The van der Waals surface area contributed by atoms with E-state index in [1.54, 1.807) is 18.2 Å². The smallest absolute Gasteiger partial charge is 0.225 e. The zero-order valence-electron chi connectivity index (χ0n) is 15.7. The first-order valence-corrected chi connectivity index (χ1v) is 9.07. The number of hydrogen-bond donors (Lipinski definition) is 2. The Labute approximate surface area is 159 Å². The highest BCUT2D eigenvalue weighted by Crippen LogP contribution is 2.21. The molecule has 142 valence electrons. The van der Waals surface area contributed by atoms with E-state index in [0.717, 1.165) is 19.5 Å². The number of amides is 2. The van der Waals surface area contributed by atoms with Gasteiger partial charge in [-0.05, 0) is 30.2 Å². The summed E-state index contributed by atoms with van der Waals surface area (Å²) in [6.07, 6.45) is 7.54. The van der Waals surface area contributed by atoms with Crippen LogP contribution in [-0.4, -0.2) is 46.1 Å². The van der Waals surface area contributed by atoms with Gasteiger partial charge in [0.05, 0.1) is 6.20 Å². The molecule has 0 radical (unpaired) electrons. The molecule has 2 heterocycles. The Bertz CT molecular complexity index is 856. The van der Waals surface area contributed by atoms with E-state index >= 15 is 0 Å². The third kappa shape index (κ3) is 5.52. The number of nitrogens with zero attached hydrogens (tertiary/aromatic N) is 3. The van der Waals surface area contributed by atoms with E-state index in [2.05, 4.69) is 26.7 Å². The molecule has 2 amide bonds. The van der Waals surface area contributed by atoms with E-state index < -0.39 is 0 Å². The fraction of sp³-hybridized carbons (Fsp3) is 0.350. The monoisotopic (exact) mass is 367 g/mol. The van der Waals surface area contributed by atoms with Crippen LogP contribution >= 0.6 is 0 Å². The van der Waals surface area contributed by atoms with Crippen LogP contribution in [0.25, 0.3) is 5.57 Å². The SMILES string of the molecule is CC(=O)Nc1cccc(NC(=O)CCN2CC=C(c3cnn(C)c3)CC2)c1. The minimum atomic E-state index is -0.137. The highest BCUT2D eigenvalue weighted by molar-refractivity contribution is 5.93. The normalized spacial score (nSPS) is 14.5. The number of aromatic nitrogens is 2. The van der Waals surface area contributed by atoms with Crippen LogP contribution in [0.15, 0.2) is 42.7 Å². The van der Waals surface area contributed by atoms with Gasteiger partial charge in [-0.25, -0.2) is 0 Å². The highest BCUT2D eigenvalue weighted by Gasteiger charge is 2.15. The fourth-order valence-electron chi connectivity index (χ4n) is 3.12. The van der Waals surface area contributed by atoms with Gasteiger partial charge in [0.1, 0.15) is 0 Å². The van der Waals surface area contributed by atoms with Crippen molar-refractivity contribution in [1.82, 2.24) is 14.7 Å². The number of anilines is 2. The van der Waals surface area contributed by atoms with Crippen LogP contribution in [0.2, 0.25) is 0 Å². The molecule has 0 bridgehead atoms. The van der Waals surface area contributed by atoms with Gasteiger partial charge in [0.2, 0.25) is 11.8 Å². The number of carbonyl (C=O) groups is 2. The van der Waals surface area contributed by atoms with Crippen LogP contribution in [0.4, 0.5) is 11.4 Å². The van der Waals surface area contributed by atoms with Gasteiger partial charge in [-0.1, -0.05) is 12.1 Å². The standard InChI is InChI=1S/C20H25N5O2/c1-15(26)22-18-4-3-5-19(12-18)23-20(27)8-11-25-9-6-16(7-10-25)17-13-21-24(2)14-17/h3-6,12-14H,7-11H2,1-2H3,(H,22,26)(H,23,27). The summed E-state index contributed by atoms with van der Waals surface area (Å²) in [5.74, 6) is -0.167. The molecule has 1 aromatic carbocycles. The molecule has 7 heteroatoms. The van der Waals surface area contributed by atoms with Crippen molar-refractivity contribution in [2.24, 2.45) is 7.05 Å². The zero-order valence-corrected chi connectivity index (χ0v) is 15.7. The average Bonchev–Trinajstić information content (AvgIpc) is 3.06. The molecule has 0 aliphatic carbocycles. The second kappa shape index (κ2) is 8.64. The third-order valence-corrected chi connectivity index (χ3v) is 4.49. The van der Waals surface area contributed by atoms with Crippen molar-refractivity contribution in [1.29, 1.82) is 0 Å². The molecule has 7 nitrogen and oxygen atoms in total. The Morgan fingerprint density at radius 1 is 1.22 bits per heavy atom. The maximum absolute atomic E-state index is 12.2. The molecule has 0 unspecified atom stereocenters. The van der Waals surface area contributed by atoms with Crippen LogP contribution in [0, 0.1) is 0 Å². The Balaban J connectivity index is 1.46. The van der Waals surface area contributed by atoms with Gasteiger partial charge in [0, 0.05) is 63.2 Å². The van der Waals surface area contributed by atoms with Crippen molar-refractivity contribution < 1.29 is 9.59 Å². The van der Waals surface area contributed by atoms with Crippen LogP contribution < -0.4 is 10.6 Å². The molecule has 0 spiro atoms. The summed E-state index contributed by atoms with van der Waals surface area (Å²) in [4.78, 5) is 25.6. The van der Waals surface area contributed by atoms with Gasteiger partial charge in [-0.2, -0.15) is 5.10 Å². The number of aryl methyl sites for hydroxylation is 1. The molecule has 27 heavy (non-hydrogen) atoms. The molecule has 0 saturated heterocycles. The van der Waals surface area contributed by atoms with Gasteiger partial charge in [-0.3, -0.25) is 19.2 Å². The van der Waals surface area contributed by atoms with Crippen molar-refractivity contribution in [3.8, 4) is 0 Å². The molecular formula is C20H25N5O2. The topological polar surface area (TPSA) is 79.3 Å². The average molecular weight is 367 g/mol. The summed E-state index contributed by atoms with van der Waals surface area (Å²) in [7, 11) is 1.92. The first-order chi connectivity index (χ1) is 13.0. The number of rotatable bonds is 6. The molecule has 1 aliphatic heterocycles. The number of hydrogen-bond acceptors (Lipinski definition) is 4. The molecule has 1 aliphatic rings. The van der Waals surface area contributed by atoms with E-state index in [9.17, 15) is 9.59 Å². The summed E-state index contributed by atoms with van der Waals surface area (Å²) in [5.41, 5.74) is 3.85. The minimum Gasteiger partial charge on any atom is -0.326 e. The van der Waals surface area contributed by atoms with Crippen LogP contribution in [0.5, 0.6) is 0 Å². The molecule has 0 atom stereocenters. The van der Waals surface area contributed by atoms with E-state index in [0.29, 0.717) is 24.3 Å². The second-order valence-electron chi connectivity index (χ2n) is 6.74. The Morgan fingerprint density at radius 3 is 2.63 bits per heavy atom. The van der Waals surface area contributed by atoms with Gasteiger partial charge in [0.15, 0.2) is 0 Å². The first kappa shape index (κ1) is 18.8. The molecule has 3 rings (SSSR count). The van der Waals surface area contributed by atoms with Crippen molar-refractivity contribution >= 4 is 28.8 Å².